The van der Waals surface area contributed by atoms with Crippen LogP contribution in [0.25, 0.3) is 0 Å². The van der Waals surface area contributed by atoms with Gasteiger partial charge in [0.1, 0.15) is 5.82 Å². The highest BCUT2D eigenvalue weighted by atomic mass is 16.5. The van der Waals surface area contributed by atoms with Crippen molar-refractivity contribution in [2.75, 3.05) is 24.6 Å². The van der Waals surface area contributed by atoms with Crippen LogP contribution in [0.2, 0.25) is 0 Å². The second kappa shape index (κ2) is 6.55. The molecule has 2 heterocycles. The fraction of sp³-hybridized carbons (Fsp3) is 0.688. The Labute approximate surface area is 122 Å². The molecule has 1 N–H and O–H groups in total. The SMILES string of the molecule is CC1CN(c2ncccc2CNC(C)(C)C)CCCO1. The monoisotopic (exact) mass is 277 g/mol. The Morgan fingerprint density at radius 1 is 1.45 bits per heavy atom. The maximum absolute atomic E-state index is 5.72. The van der Waals surface area contributed by atoms with Gasteiger partial charge in [-0.05, 0) is 40.2 Å². The number of nitrogens with one attached hydrogen (secondary N) is 1. The molecule has 1 aromatic rings. The number of rotatable bonds is 3. The molecule has 112 valence electrons. The Morgan fingerprint density at radius 2 is 2.25 bits per heavy atom. The molecule has 0 spiro atoms. The fourth-order valence-corrected chi connectivity index (χ4v) is 2.40. The lowest BCUT2D eigenvalue weighted by Crippen LogP contribution is -2.36. The zero-order valence-electron chi connectivity index (χ0n) is 13.1. The molecule has 0 aliphatic carbocycles. The Hall–Kier alpha value is -1.13. The van der Waals surface area contributed by atoms with Crippen molar-refractivity contribution in [3.8, 4) is 0 Å². The van der Waals surface area contributed by atoms with Gasteiger partial charge in [-0.15, -0.1) is 0 Å². The molecule has 4 heteroatoms. The first-order valence-corrected chi connectivity index (χ1v) is 7.51. The van der Waals surface area contributed by atoms with Crippen molar-refractivity contribution in [2.24, 2.45) is 0 Å². The maximum atomic E-state index is 5.72. The van der Waals surface area contributed by atoms with E-state index in [1.165, 1.54) is 5.56 Å². The molecule has 0 aromatic carbocycles. The molecule has 1 aliphatic heterocycles. The third-order valence-corrected chi connectivity index (χ3v) is 3.43. The van der Waals surface area contributed by atoms with Crippen LogP contribution < -0.4 is 10.2 Å². The largest absolute Gasteiger partial charge is 0.377 e. The third kappa shape index (κ3) is 4.46. The van der Waals surface area contributed by atoms with Gasteiger partial charge in [-0.1, -0.05) is 6.07 Å². The summed E-state index contributed by atoms with van der Waals surface area (Å²) in [6.45, 7) is 12.3. The molecule has 1 aliphatic rings. The van der Waals surface area contributed by atoms with Crippen molar-refractivity contribution in [3.05, 3.63) is 23.9 Å². The summed E-state index contributed by atoms with van der Waals surface area (Å²) in [6, 6.07) is 4.18. The number of hydrogen-bond donors (Lipinski definition) is 1. The summed E-state index contributed by atoms with van der Waals surface area (Å²) in [7, 11) is 0. The highest BCUT2D eigenvalue weighted by Gasteiger charge is 2.19. The van der Waals surface area contributed by atoms with Gasteiger partial charge in [-0.25, -0.2) is 4.98 Å². The number of aromatic nitrogens is 1. The van der Waals surface area contributed by atoms with E-state index in [1.54, 1.807) is 0 Å². The first-order chi connectivity index (χ1) is 9.46. The molecule has 0 saturated carbocycles. The summed E-state index contributed by atoms with van der Waals surface area (Å²) in [4.78, 5) is 6.97. The Bertz CT molecular complexity index is 428. The van der Waals surface area contributed by atoms with E-state index in [4.69, 9.17) is 4.74 Å². The van der Waals surface area contributed by atoms with Gasteiger partial charge in [-0.3, -0.25) is 0 Å². The molecule has 1 unspecified atom stereocenters. The van der Waals surface area contributed by atoms with E-state index < -0.39 is 0 Å². The fourth-order valence-electron chi connectivity index (χ4n) is 2.40. The molecule has 2 rings (SSSR count). The molecular weight excluding hydrogens is 250 g/mol. The van der Waals surface area contributed by atoms with Gasteiger partial charge in [0.25, 0.3) is 0 Å². The highest BCUT2D eigenvalue weighted by Crippen LogP contribution is 2.20. The molecule has 20 heavy (non-hydrogen) atoms. The Morgan fingerprint density at radius 3 is 3.00 bits per heavy atom. The van der Waals surface area contributed by atoms with Crippen molar-refractivity contribution >= 4 is 5.82 Å². The summed E-state index contributed by atoms with van der Waals surface area (Å²) in [6.07, 6.45) is 3.21. The van der Waals surface area contributed by atoms with Crippen LogP contribution in [0.4, 0.5) is 5.82 Å². The summed E-state index contributed by atoms with van der Waals surface area (Å²) in [5, 5.41) is 3.55. The van der Waals surface area contributed by atoms with Crippen LogP contribution in [0.5, 0.6) is 0 Å². The molecule has 4 nitrogen and oxygen atoms in total. The van der Waals surface area contributed by atoms with E-state index in [1.807, 2.05) is 12.3 Å². The van der Waals surface area contributed by atoms with Gasteiger partial charge >= 0.3 is 0 Å². The number of pyridine rings is 1. The van der Waals surface area contributed by atoms with Crippen molar-refractivity contribution in [1.29, 1.82) is 0 Å². The predicted octanol–water partition coefficient (Wildman–Crippen LogP) is 2.58. The summed E-state index contributed by atoms with van der Waals surface area (Å²) >= 11 is 0. The average Bonchev–Trinajstić information content (AvgIpc) is 2.60. The quantitative estimate of drug-likeness (QED) is 0.921. The second-order valence-electron chi connectivity index (χ2n) is 6.57. The lowest BCUT2D eigenvalue weighted by atomic mass is 10.1. The lowest BCUT2D eigenvalue weighted by Gasteiger charge is -2.27. The van der Waals surface area contributed by atoms with Crippen LogP contribution in [0.15, 0.2) is 18.3 Å². The van der Waals surface area contributed by atoms with Crippen molar-refractivity contribution in [2.45, 2.75) is 52.3 Å². The number of ether oxygens (including phenoxy) is 1. The van der Waals surface area contributed by atoms with E-state index in [0.717, 1.165) is 38.5 Å². The zero-order chi connectivity index (χ0) is 14.6. The maximum Gasteiger partial charge on any atom is 0.133 e. The van der Waals surface area contributed by atoms with Crippen LogP contribution in [0.3, 0.4) is 0 Å². The minimum absolute atomic E-state index is 0.113. The van der Waals surface area contributed by atoms with Crippen LogP contribution >= 0.6 is 0 Å². The zero-order valence-corrected chi connectivity index (χ0v) is 13.1. The third-order valence-electron chi connectivity index (χ3n) is 3.43. The van der Waals surface area contributed by atoms with Gasteiger partial charge in [0, 0.05) is 43.5 Å². The van der Waals surface area contributed by atoms with Crippen molar-refractivity contribution in [1.82, 2.24) is 10.3 Å². The molecule has 1 aromatic heterocycles. The van der Waals surface area contributed by atoms with Crippen molar-refractivity contribution in [3.63, 3.8) is 0 Å². The number of hydrogen-bond acceptors (Lipinski definition) is 4. The normalized spacial score (nSPS) is 20.8. The van der Waals surface area contributed by atoms with E-state index in [0.29, 0.717) is 0 Å². The van der Waals surface area contributed by atoms with Gasteiger partial charge in [0.2, 0.25) is 0 Å². The predicted molar refractivity (Wildman–Crippen MR) is 83.1 cm³/mol. The van der Waals surface area contributed by atoms with Gasteiger partial charge in [-0.2, -0.15) is 0 Å². The highest BCUT2D eigenvalue weighted by molar-refractivity contribution is 5.47. The molecule has 0 amide bonds. The molecule has 0 bridgehead atoms. The molecule has 1 fully saturated rings. The molecule has 1 atom stereocenters. The van der Waals surface area contributed by atoms with Crippen LogP contribution in [-0.2, 0) is 11.3 Å². The van der Waals surface area contributed by atoms with Crippen molar-refractivity contribution < 1.29 is 4.74 Å². The Balaban J connectivity index is 2.13. The summed E-state index contributed by atoms with van der Waals surface area (Å²) < 4.78 is 5.72. The first kappa shape index (κ1) is 15.3. The van der Waals surface area contributed by atoms with E-state index in [2.05, 4.69) is 49.0 Å². The lowest BCUT2D eigenvalue weighted by molar-refractivity contribution is 0.0820. The standard InChI is InChI=1S/C16H27N3O/c1-13-12-19(9-6-10-20-13)15-14(7-5-8-17-15)11-18-16(2,3)4/h5,7-8,13,18H,6,9-12H2,1-4H3. The number of nitrogens with zero attached hydrogens (tertiary/aromatic N) is 2. The minimum Gasteiger partial charge on any atom is -0.377 e. The van der Waals surface area contributed by atoms with Crippen LogP contribution in [0.1, 0.15) is 39.7 Å². The van der Waals surface area contributed by atoms with E-state index in [-0.39, 0.29) is 11.6 Å². The van der Waals surface area contributed by atoms with Crippen LogP contribution in [-0.4, -0.2) is 36.3 Å². The smallest absolute Gasteiger partial charge is 0.133 e. The van der Waals surface area contributed by atoms with E-state index in [9.17, 15) is 0 Å². The van der Waals surface area contributed by atoms with Gasteiger partial charge in [0.15, 0.2) is 0 Å². The second-order valence-corrected chi connectivity index (χ2v) is 6.57. The Kier molecular flexibility index (Phi) is 5.00. The van der Waals surface area contributed by atoms with Gasteiger partial charge in [0.05, 0.1) is 6.10 Å². The topological polar surface area (TPSA) is 37.4 Å². The van der Waals surface area contributed by atoms with Crippen LogP contribution in [0, 0.1) is 0 Å². The summed E-state index contributed by atoms with van der Waals surface area (Å²) in [5.74, 6) is 1.10. The number of anilines is 1. The molecular formula is C16H27N3O. The van der Waals surface area contributed by atoms with Gasteiger partial charge < -0.3 is 15.0 Å². The average molecular weight is 277 g/mol. The van der Waals surface area contributed by atoms with E-state index >= 15 is 0 Å². The molecule has 1 saturated heterocycles. The minimum atomic E-state index is 0.113. The first-order valence-electron chi connectivity index (χ1n) is 7.51. The molecule has 0 radical (unpaired) electrons. The summed E-state index contributed by atoms with van der Waals surface area (Å²) in [5.41, 5.74) is 1.37.